The van der Waals surface area contributed by atoms with Gasteiger partial charge in [0.1, 0.15) is 0 Å². The van der Waals surface area contributed by atoms with Crippen LogP contribution in [0.2, 0.25) is 0 Å². The molecule has 2 rings (SSSR count). The first-order valence-corrected chi connectivity index (χ1v) is 7.46. The van der Waals surface area contributed by atoms with Crippen LogP contribution in [0.5, 0.6) is 0 Å². The van der Waals surface area contributed by atoms with Crippen LogP contribution in [0.25, 0.3) is 0 Å². The van der Waals surface area contributed by atoms with Crippen molar-refractivity contribution in [3.8, 4) is 6.07 Å². The highest BCUT2D eigenvalue weighted by molar-refractivity contribution is 5.03. The SMILES string of the molecule is CCC(CC)n1ccc(CN2CCCCC2C#N)n1. The summed E-state index contributed by atoms with van der Waals surface area (Å²) in [5.41, 5.74) is 1.09. The molecule has 1 atom stereocenters. The van der Waals surface area contributed by atoms with E-state index in [9.17, 15) is 5.26 Å². The second-order valence-corrected chi connectivity index (χ2v) is 5.37. The molecule has 1 unspecified atom stereocenters. The Morgan fingerprint density at radius 2 is 2.21 bits per heavy atom. The summed E-state index contributed by atoms with van der Waals surface area (Å²) in [4.78, 5) is 2.27. The number of likely N-dealkylation sites (tertiary alicyclic amines) is 1. The lowest BCUT2D eigenvalue weighted by Crippen LogP contribution is -2.38. The second-order valence-electron chi connectivity index (χ2n) is 5.37. The van der Waals surface area contributed by atoms with Gasteiger partial charge in [-0.1, -0.05) is 13.8 Å². The Morgan fingerprint density at radius 3 is 2.89 bits per heavy atom. The van der Waals surface area contributed by atoms with E-state index >= 15 is 0 Å². The zero-order chi connectivity index (χ0) is 13.7. The van der Waals surface area contributed by atoms with Crippen molar-refractivity contribution in [1.82, 2.24) is 14.7 Å². The number of hydrogen-bond acceptors (Lipinski definition) is 3. The lowest BCUT2D eigenvalue weighted by atomic mass is 10.0. The van der Waals surface area contributed by atoms with Crippen LogP contribution >= 0.6 is 0 Å². The van der Waals surface area contributed by atoms with Crippen molar-refractivity contribution in [2.24, 2.45) is 0 Å². The summed E-state index contributed by atoms with van der Waals surface area (Å²) >= 11 is 0. The van der Waals surface area contributed by atoms with E-state index in [-0.39, 0.29) is 6.04 Å². The minimum atomic E-state index is 0.0760. The molecular weight excluding hydrogens is 236 g/mol. The van der Waals surface area contributed by atoms with Crippen LogP contribution in [0.15, 0.2) is 12.3 Å². The van der Waals surface area contributed by atoms with Gasteiger partial charge < -0.3 is 0 Å². The zero-order valence-electron chi connectivity index (χ0n) is 12.0. The Hall–Kier alpha value is -1.34. The number of nitrogens with zero attached hydrogens (tertiary/aromatic N) is 4. The van der Waals surface area contributed by atoms with Crippen LogP contribution in [0.1, 0.15) is 57.7 Å². The smallest absolute Gasteiger partial charge is 0.0981 e. The maximum atomic E-state index is 9.19. The van der Waals surface area contributed by atoms with Crippen LogP contribution in [0.4, 0.5) is 0 Å². The highest BCUT2D eigenvalue weighted by Crippen LogP contribution is 2.20. The summed E-state index contributed by atoms with van der Waals surface area (Å²) in [7, 11) is 0. The maximum Gasteiger partial charge on any atom is 0.0981 e. The molecule has 0 spiro atoms. The van der Waals surface area contributed by atoms with Gasteiger partial charge in [0, 0.05) is 12.7 Å². The van der Waals surface area contributed by atoms with E-state index in [2.05, 4.69) is 46.9 Å². The summed E-state index contributed by atoms with van der Waals surface area (Å²) in [6, 6.07) is 5.09. The van der Waals surface area contributed by atoms with Crippen molar-refractivity contribution in [2.75, 3.05) is 6.54 Å². The number of piperidine rings is 1. The van der Waals surface area contributed by atoms with Crippen molar-refractivity contribution < 1.29 is 0 Å². The molecule has 0 aliphatic carbocycles. The molecular formula is C15H24N4. The lowest BCUT2D eigenvalue weighted by Gasteiger charge is -2.30. The molecule has 4 nitrogen and oxygen atoms in total. The summed E-state index contributed by atoms with van der Waals surface area (Å²) in [5.74, 6) is 0. The Morgan fingerprint density at radius 1 is 1.42 bits per heavy atom. The van der Waals surface area contributed by atoms with E-state index in [4.69, 9.17) is 0 Å². The number of hydrogen-bond donors (Lipinski definition) is 0. The fraction of sp³-hybridized carbons (Fsp3) is 0.733. The van der Waals surface area contributed by atoms with E-state index in [1.165, 1.54) is 12.8 Å². The monoisotopic (exact) mass is 260 g/mol. The number of aromatic nitrogens is 2. The van der Waals surface area contributed by atoms with Crippen LogP contribution in [-0.2, 0) is 6.54 Å². The topological polar surface area (TPSA) is 44.9 Å². The Labute approximate surface area is 116 Å². The summed E-state index contributed by atoms with van der Waals surface area (Å²) in [6.07, 6.45) is 7.69. The third-order valence-electron chi connectivity index (χ3n) is 4.11. The average Bonchev–Trinajstić information content (AvgIpc) is 2.89. The van der Waals surface area contributed by atoms with Crippen molar-refractivity contribution in [1.29, 1.82) is 5.26 Å². The molecule has 1 aromatic rings. The van der Waals surface area contributed by atoms with Gasteiger partial charge in [0.15, 0.2) is 0 Å². The van der Waals surface area contributed by atoms with Gasteiger partial charge in [-0.05, 0) is 44.7 Å². The van der Waals surface area contributed by atoms with Crippen LogP contribution in [0.3, 0.4) is 0 Å². The van der Waals surface area contributed by atoms with Crippen LogP contribution < -0.4 is 0 Å². The van der Waals surface area contributed by atoms with Crippen molar-refractivity contribution in [3.63, 3.8) is 0 Å². The van der Waals surface area contributed by atoms with E-state index in [1.54, 1.807) is 0 Å². The highest BCUT2D eigenvalue weighted by Gasteiger charge is 2.22. The number of nitriles is 1. The fourth-order valence-electron chi connectivity index (χ4n) is 2.86. The molecule has 1 aliphatic rings. The third-order valence-corrected chi connectivity index (χ3v) is 4.11. The van der Waals surface area contributed by atoms with Crippen molar-refractivity contribution in [2.45, 2.75) is 64.6 Å². The van der Waals surface area contributed by atoms with Gasteiger partial charge >= 0.3 is 0 Å². The van der Waals surface area contributed by atoms with E-state index in [0.717, 1.165) is 38.0 Å². The molecule has 0 aromatic carbocycles. The largest absolute Gasteiger partial charge is 0.282 e. The number of rotatable bonds is 5. The fourth-order valence-corrected chi connectivity index (χ4v) is 2.86. The van der Waals surface area contributed by atoms with E-state index in [0.29, 0.717) is 6.04 Å². The molecule has 0 radical (unpaired) electrons. The standard InChI is InChI=1S/C15H24N4/c1-3-14(4-2)19-10-8-13(17-19)12-18-9-6-5-7-15(18)11-16/h8,10,14-15H,3-7,9,12H2,1-2H3. The van der Waals surface area contributed by atoms with Crippen LogP contribution in [-0.4, -0.2) is 27.3 Å². The molecule has 0 amide bonds. The predicted octanol–water partition coefficient (Wildman–Crippen LogP) is 3.12. The molecule has 0 bridgehead atoms. The highest BCUT2D eigenvalue weighted by atomic mass is 15.3. The molecule has 2 heterocycles. The Kier molecular flexibility index (Phi) is 4.98. The average molecular weight is 260 g/mol. The van der Waals surface area contributed by atoms with Crippen molar-refractivity contribution in [3.05, 3.63) is 18.0 Å². The Balaban J connectivity index is 2.01. The minimum absolute atomic E-state index is 0.0760. The first-order chi connectivity index (χ1) is 9.28. The van der Waals surface area contributed by atoms with Gasteiger partial charge in [-0.15, -0.1) is 0 Å². The molecule has 19 heavy (non-hydrogen) atoms. The summed E-state index contributed by atoms with van der Waals surface area (Å²) < 4.78 is 2.08. The Bertz CT molecular complexity index is 428. The molecule has 1 aliphatic heterocycles. The third kappa shape index (κ3) is 3.36. The molecule has 0 saturated carbocycles. The quantitative estimate of drug-likeness (QED) is 0.817. The molecule has 1 fully saturated rings. The van der Waals surface area contributed by atoms with Gasteiger partial charge in [0.05, 0.1) is 23.8 Å². The first-order valence-electron chi connectivity index (χ1n) is 7.46. The predicted molar refractivity (Wildman–Crippen MR) is 75.5 cm³/mol. The molecule has 4 heteroatoms. The molecule has 104 valence electrons. The normalized spacial score (nSPS) is 20.6. The van der Waals surface area contributed by atoms with Gasteiger partial charge in [0.25, 0.3) is 0 Å². The second kappa shape index (κ2) is 6.72. The van der Waals surface area contributed by atoms with E-state index < -0.39 is 0 Å². The zero-order valence-corrected chi connectivity index (χ0v) is 12.0. The molecule has 1 aromatic heterocycles. The van der Waals surface area contributed by atoms with Gasteiger partial charge in [-0.25, -0.2) is 0 Å². The molecule has 0 N–H and O–H groups in total. The summed E-state index contributed by atoms with van der Waals surface area (Å²) in [5, 5.41) is 13.9. The summed E-state index contributed by atoms with van der Waals surface area (Å²) in [6.45, 7) is 6.24. The van der Waals surface area contributed by atoms with Crippen LogP contribution in [0, 0.1) is 11.3 Å². The maximum absolute atomic E-state index is 9.19. The van der Waals surface area contributed by atoms with Gasteiger partial charge in [0.2, 0.25) is 0 Å². The van der Waals surface area contributed by atoms with Gasteiger partial charge in [-0.2, -0.15) is 10.4 Å². The lowest BCUT2D eigenvalue weighted by molar-refractivity contribution is 0.173. The van der Waals surface area contributed by atoms with Gasteiger partial charge in [-0.3, -0.25) is 9.58 Å². The first kappa shape index (κ1) is 14.1. The minimum Gasteiger partial charge on any atom is -0.282 e. The van der Waals surface area contributed by atoms with E-state index in [1.807, 2.05) is 0 Å². The van der Waals surface area contributed by atoms with Crippen molar-refractivity contribution >= 4 is 0 Å². The molecule has 1 saturated heterocycles.